The van der Waals surface area contributed by atoms with Crippen molar-refractivity contribution in [3.05, 3.63) is 35.9 Å². The van der Waals surface area contributed by atoms with E-state index in [0.717, 1.165) is 24.9 Å². The van der Waals surface area contributed by atoms with E-state index in [9.17, 15) is 9.90 Å². The van der Waals surface area contributed by atoms with E-state index in [4.69, 9.17) is 4.74 Å². The zero-order valence-electron chi connectivity index (χ0n) is 10.9. The molecule has 1 aromatic rings. The van der Waals surface area contributed by atoms with Gasteiger partial charge in [0.15, 0.2) is 0 Å². The summed E-state index contributed by atoms with van der Waals surface area (Å²) in [6, 6.07) is 9.86. The molecule has 0 radical (unpaired) electrons. The van der Waals surface area contributed by atoms with Crippen LogP contribution >= 0.6 is 0 Å². The number of hydrogen-bond donors (Lipinski definition) is 1. The number of aliphatic hydroxyl groups excluding tert-OH is 1. The molecular formula is C15H19NO3. The zero-order chi connectivity index (χ0) is 13.2. The topological polar surface area (TPSA) is 49.8 Å². The second-order valence-electron chi connectivity index (χ2n) is 5.57. The van der Waals surface area contributed by atoms with E-state index in [1.807, 2.05) is 30.3 Å². The van der Waals surface area contributed by atoms with Crippen molar-refractivity contribution in [3.63, 3.8) is 0 Å². The minimum atomic E-state index is -0.254. The first-order valence-corrected chi connectivity index (χ1v) is 6.88. The summed E-state index contributed by atoms with van der Waals surface area (Å²) in [5, 5.41) is 9.72. The van der Waals surface area contributed by atoms with Crippen LogP contribution in [0.15, 0.2) is 30.3 Å². The second kappa shape index (κ2) is 5.21. The average molecular weight is 261 g/mol. The van der Waals surface area contributed by atoms with Crippen LogP contribution in [0.4, 0.5) is 4.79 Å². The van der Waals surface area contributed by atoms with Gasteiger partial charge in [0.1, 0.15) is 6.61 Å². The van der Waals surface area contributed by atoms with Gasteiger partial charge in [0, 0.05) is 12.6 Å². The van der Waals surface area contributed by atoms with Crippen molar-refractivity contribution < 1.29 is 14.6 Å². The van der Waals surface area contributed by atoms with Crippen molar-refractivity contribution in [2.24, 2.45) is 5.92 Å². The van der Waals surface area contributed by atoms with E-state index >= 15 is 0 Å². The van der Waals surface area contributed by atoms with Crippen molar-refractivity contribution in [3.8, 4) is 0 Å². The van der Waals surface area contributed by atoms with Crippen molar-refractivity contribution in [1.82, 2.24) is 4.90 Å². The van der Waals surface area contributed by atoms with Crippen LogP contribution in [-0.4, -0.2) is 34.8 Å². The Bertz CT molecular complexity index is 448. The number of carbonyl (C=O) groups is 1. The third kappa shape index (κ3) is 2.73. The smallest absolute Gasteiger partial charge is 0.410 e. The maximum Gasteiger partial charge on any atom is 0.410 e. The molecule has 3 atom stereocenters. The van der Waals surface area contributed by atoms with Crippen molar-refractivity contribution in [2.45, 2.75) is 38.0 Å². The molecule has 0 unspecified atom stereocenters. The monoisotopic (exact) mass is 261 g/mol. The van der Waals surface area contributed by atoms with E-state index in [-0.39, 0.29) is 18.2 Å². The Morgan fingerprint density at radius 3 is 2.84 bits per heavy atom. The molecule has 19 heavy (non-hydrogen) atoms. The molecule has 0 aromatic heterocycles. The van der Waals surface area contributed by atoms with Crippen LogP contribution in [0.1, 0.15) is 24.8 Å². The van der Waals surface area contributed by atoms with Crippen molar-refractivity contribution in [1.29, 1.82) is 0 Å². The van der Waals surface area contributed by atoms with Gasteiger partial charge >= 0.3 is 6.09 Å². The molecule has 1 aliphatic carbocycles. The molecular weight excluding hydrogens is 242 g/mol. The van der Waals surface area contributed by atoms with E-state index in [2.05, 4.69) is 0 Å². The summed E-state index contributed by atoms with van der Waals surface area (Å²) in [5.74, 6) is 0.443. The second-order valence-corrected chi connectivity index (χ2v) is 5.57. The van der Waals surface area contributed by atoms with Gasteiger partial charge in [-0.15, -0.1) is 0 Å². The molecule has 1 amide bonds. The van der Waals surface area contributed by atoms with Gasteiger partial charge in [0.25, 0.3) is 0 Å². The summed E-state index contributed by atoms with van der Waals surface area (Å²) >= 11 is 0. The summed E-state index contributed by atoms with van der Waals surface area (Å²) in [6.07, 6.45) is 2.02. The third-order valence-electron chi connectivity index (χ3n) is 4.09. The van der Waals surface area contributed by atoms with Crippen molar-refractivity contribution >= 4 is 6.09 Å². The molecule has 2 bridgehead atoms. The number of amides is 1. The Morgan fingerprint density at radius 2 is 2.05 bits per heavy atom. The number of hydrogen-bond acceptors (Lipinski definition) is 3. The molecule has 1 heterocycles. The number of fused-ring (bicyclic) bond motifs is 2. The highest BCUT2D eigenvalue weighted by atomic mass is 16.6. The van der Waals surface area contributed by atoms with Crippen LogP contribution in [0.2, 0.25) is 0 Å². The number of ether oxygens (including phenoxy) is 1. The van der Waals surface area contributed by atoms with Crippen LogP contribution in [0, 0.1) is 5.92 Å². The molecule has 102 valence electrons. The Labute approximate surface area is 113 Å². The fourth-order valence-electron chi connectivity index (χ4n) is 3.23. The molecule has 1 aromatic carbocycles. The quantitative estimate of drug-likeness (QED) is 0.887. The first kappa shape index (κ1) is 12.5. The van der Waals surface area contributed by atoms with Gasteiger partial charge in [0.2, 0.25) is 0 Å². The summed E-state index contributed by atoms with van der Waals surface area (Å²) in [5.41, 5.74) is 0.998. The average Bonchev–Trinajstić information content (AvgIpc) is 2.72. The highest BCUT2D eigenvalue weighted by molar-refractivity contribution is 5.68. The Balaban J connectivity index is 1.56. The Kier molecular flexibility index (Phi) is 3.42. The van der Waals surface area contributed by atoms with Gasteiger partial charge in [-0.3, -0.25) is 0 Å². The number of nitrogens with zero attached hydrogens (tertiary/aromatic N) is 1. The van der Waals surface area contributed by atoms with Gasteiger partial charge in [-0.1, -0.05) is 30.3 Å². The van der Waals surface area contributed by atoms with E-state index in [0.29, 0.717) is 18.9 Å². The number of rotatable bonds is 2. The minimum Gasteiger partial charge on any atom is -0.445 e. The lowest BCUT2D eigenvalue weighted by Gasteiger charge is -2.26. The maximum absolute atomic E-state index is 12.1. The Hall–Kier alpha value is -1.55. The molecule has 2 aliphatic rings. The number of benzene rings is 1. The van der Waals surface area contributed by atoms with E-state index < -0.39 is 0 Å². The molecule has 1 N–H and O–H groups in total. The fourth-order valence-corrected chi connectivity index (χ4v) is 3.23. The highest BCUT2D eigenvalue weighted by Gasteiger charge is 2.41. The lowest BCUT2D eigenvalue weighted by molar-refractivity contribution is 0.0757. The molecule has 4 nitrogen and oxygen atoms in total. The van der Waals surface area contributed by atoms with Crippen LogP contribution in [0.5, 0.6) is 0 Å². The summed E-state index contributed by atoms with van der Waals surface area (Å²) < 4.78 is 5.36. The SMILES string of the molecule is O=C(OCc1ccccc1)N1C[C@@H]2C[C@@H](O)C[C@H]1C2. The largest absolute Gasteiger partial charge is 0.445 e. The Morgan fingerprint density at radius 1 is 1.26 bits per heavy atom. The van der Waals surface area contributed by atoms with Gasteiger partial charge in [-0.05, 0) is 30.7 Å². The van der Waals surface area contributed by atoms with E-state index in [1.165, 1.54) is 0 Å². The van der Waals surface area contributed by atoms with Crippen LogP contribution < -0.4 is 0 Å². The lowest BCUT2D eigenvalue weighted by atomic mass is 9.88. The molecule has 0 spiro atoms. The normalized spacial score (nSPS) is 29.3. The fraction of sp³-hybridized carbons (Fsp3) is 0.533. The molecule has 1 saturated heterocycles. The zero-order valence-corrected chi connectivity index (χ0v) is 10.9. The minimum absolute atomic E-state index is 0.164. The third-order valence-corrected chi connectivity index (χ3v) is 4.09. The van der Waals surface area contributed by atoms with Crippen molar-refractivity contribution in [2.75, 3.05) is 6.54 Å². The predicted octanol–water partition coefficient (Wildman–Crippen LogP) is 2.17. The van der Waals surface area contributed by atoms with Crippen LogP contribution in [0.3, 0.4) is 0 Å². The molecule has 1 aliphatic heterocycles. The van der Waals surface area contributed by atoms with Crippen LogP contribution in [-0.2, 0) is 11.3 Å². The van der Waals surface area contributed by atoms with Gasteiger partial charge in [0.05, 0.1) is 6.10 Å². The lowest BCUT2D eigenvalue weighted by Crippen LogP contribution is -2.37. The summed E-state index contributed by atoms with van der Waals surface area (Å²) in [7, 11) is 0. The number of carbonyl (C=O) groups excluding carboxylic acids is 1. The molecule has 4 heteroatoms. The highest BCUT2D eigenvalue weighted by Crippen LogP contribution is 2.35. The first-order chi connectivity index (χ1) is 9.22. The van der Waals surface area contributed by atoms with Gasteiger partial charge in [-0.25, -0.2) is 4.79 Å². The number of aliphatic hydroxyl groups is 1. The predicted molar refractivity (Wildman–Crippen MR) is 70.5 cm³/mol. The first-order valence-electron chi connectivity index (χ1n) is 6.88. The maximum atomic E-state index is 12.1. The van der Waals surface area contributed by atoms with Gasteiger partial charge < -0.3 is 14.7 Å². The molecule has 1 saturated carbocycles. The van der Waals surface area contributed by atoms with Crippen LogP contribution in [0.25, 0.3) is 0 Å². The summed E-state index contributed by atoms with van der Waals surface area (Å²) in [4.78, 5) is 13.9. The van der Waals surface area contributed by atoms with E-state index in [1.54, 1.807) is 4.90 Å². The number of likely N-dealkylation sites (tertiary alicyclic amines) is 1. The standard InChI is InChI=1S/C15H19NO3/c17-14-7-12-6-13(8-14)16(9-12)15(18)19-10-11-4-2-1-3-5-11/h1-5,12-14,17H,6-10H2/t12-,13+,14+/m0/s1. The summed E-state index contributed by atoms with van der Waals surface area (Å²) in [6.45, 7) is 1.05. The molecule has 2 fully saturated rings. The molecule has 3 rings (SSSR count). The van der Waals surface area contributed by atoms with Gasteiger partial charge in [-0.2, -0.15) is 0 Å².